The lowest BCUT2D eigenvalue weighted by Gasteiger charge is -2.32. The number of anilines is 2. The van der Waals surface area contributed by atoms with Gasteiger partial charge in [-0.3, -0.25) is 10.1 Å². The maximum atomic E-state index is 12.8. The molecular formula is C18H19N7O2S. The molecule has 1 atom stereocenters. The Morgan fingerprint density at radius 2 is 2.14 bits per heavy atom. The largest absolute Gasteiger partial charge is 0.354 e. The molecule has 0 saturated carbocycles. The molecule has 2 aliphatic heterocycles. The zero-order valence-electron chi connectivity index (χ0n) is 15.1. The summed E-state index contributed by atoms with van der Waals surface area (Å²) in [5, 5.41) is 19.7. The summed E-state index contributed by atoms with van der Waals surface area (Å²) < 4.78 is 6.98. The van der Waals surface area contributed by atoms with E-state index in [1.54, 1.807) is 22.6 Å². The van der Waals surface area contributed by atoms with Crippen LogP contribution in [0, 0.1) is 5.92 Å². The number of hydrogen-bond donors (Lipinski definition) is 1. The Bertz CT molecular complexity index is 970. The molecule has 1 unspecified atom stereocenters. The van der Waals surface area contributed by atoms with Crippen LogP contribution in [-0.2, 0) is 16.3 Å². The van der Waals surface area contributed by atoms with Crippen LogP contribution in [0.15, 0.2) is 35.1 Å². The molecular weight excluding hydrogens is 378 g/mol. The molecule has 0 aromatic carbocycles. The van der Waals surface area contributed by atoms with E-state index in [-0.39, 0.29) is 11.8 Å². The van der Waals surface area contributed by atoms with Gasteiger partial charge in [-0.05, 0) is 31.0 Å². The van der Waals surface area contributed by atoms with Gasteiger partial charge in [0.2, 0.25) is 11.8 Å². The van der Waals surface area contributed by atoms with Gasteiger partial charge in [0, 0.05) is 37.0 Å². The summed E-state index contributed by atoms with van der Waals surface area (Å²) in [5.74, 6) is 3.47. The van der Waals surface area contributed by atoms with Gasteiger partial charge in [-0.2, -0.15) is 16.9 Å². The summed E-state index contributed by atoms with van der Waals surface area (Å²) >= 11 is 1.78. The van der Waals surface area contributed by atoms with Crippen LogP contribution in [0.5, 0.6) is 0 Å². The number of carbonyl (C=O) groups excluding carboxylic acids is 1. The molecule has 1 fully saturated rings. The van der Waals surface area contributed by atoms with Gasteiger partial charge in [-0.15, -0.1) is 10.2 Å². The predicted molar refractivity (Wildman–Crippen MR) is 104 cm³/mol. The van der Waals surface area contributed by atoms with Crippen molar-refractivity contribution in [3.63, 3.8) is 0 Å². The summed E-state index contributed by atoms with van der Waals surface area (Å²) in [4.78, 5) is 14.9. The van der Waals surface area contributed by atoms with Crippen LogP contribution in [0.1, 0.15) is 24.1 Å². The first-order valence-electron chi connectivity index (χ1n) is 9.22. The standard InChI is InChI=1S/C18H19N7O2S/c26-17(20-18-13-10-28-11-14(13)23-27-18)12-3-1-7-24(9-12)15-4-5-16(22-21-15)25-8-2-6-19-25/h2,4-6,8,12H,1,3,7,9-11H2,(H,20,26). The molecule has 1 saturated heterocycles. The second-order valence-corrected chi connectivity index (χ2v) is 7.89. The van der Waals surface area contributed by atoms with Crippen molar-refractivity contribution in [2.45, 2.75) is 24.3 Å². The summed E-state index contributed by atoms with van der Waals surface area (Å²) in [7, 11) is 0. The molecule has 28 heavy (non-hydrogen) atoms. The number of hydrogen-bond acceptors (Lipinski definition) is 8. The highest BCUT2D eigenvalue weighted by atomic mass is 32.2. The van der Waals surface area contributed by atoms with E-state index in [0.717, 1.165) is 48.0 Å². The first-order chi connectivity index (χ1) is 13.8. The molecule has 9 nitrogen and oxygen atoms in total. The number of nitrogens with one attached hydrogen (secondary N) is 1. The van der Waals surface area contributed by atoms with Gasteiger partial charge in [-0.1, -0.05) is 5.16 Å². The molecule has 5 heterocycles. The van der Waals surface area contributed by atoms with Crippen molar-refractivity contribution in [2.24, 2.45) is 5.92 Å². The molecule has 1 amide bonds. The van der Waals surface area contributed by atoms with Gasteiger partial charge in [0.05, 0.1) is 17.2 Å². The lowest BCUT2D eigenvalue weighted by molar-refractivity contribution is -0.120. The summed E-state index contributed by atoms with van der Waals surface area (Å²) in [6.07, 6.45) is 5.28. The van der Waals surface area contributed by atoms with E-state index in [1.807, 2.05) is 24.4 Å². The van der Waals surface area contributed by atoms with Crippen molar-refractivity contribution in [2.75, 3.05) is 23.3 Å². The zero-order valence-corrected chi connectivity index (χ0v) is 15.9. The molecule has 144 valence electrons. The van der Waals surface area contributed by atoms with Crippen molar-refractivity contribution in [3.05, 3.63) is 41.9 Å². The van der Waals surface area contributed by atoms with Gasteiger partial charge in [0.25, 0.3) is 0 Å². The number of piperidine rings is 1. The molecule has 3 aromatic heterocycles. The second kappa shape index (κ2) is 7.27. The molecule has 1 N–H and O–H groups in total. The van der Waals surface area contributed by atoms with Crippen LogP contribution in [0.2, 0.25) is 0 Å². The van der Waals surface area contributed by atoms with E-state index < -0.39 is 0 Å². The van der Waals surface area contributed by atoms with E-state index in [9.17, 15) is 4.79 Å². The highest BCUT2D eigenvalue weighted by Crippen LogP contribution is 2.35. The predicted octanol–water partition coefficient (Wildman–Crippen LogP) is 2.25. The maximum absolute atomic E-state index is 12.8. The van der Waals surface area contributed by atoms with Crippen molar-refractivity contribution in [1.29, 1.82) is 0 Å². The molecule has 5 rings (SSSR count). The van der Waals surface area contributed by atoms with Crippen LogP contribution in [-0.4, -0.2) is 44.1 Å². The highest BCUT2D eigenvalue weighted by molar-refractivity contribution is 7.98. The van der Waals surface area contributed by atoms with E-state index in [1.165, 1.54) is 0 Å². The van der Waals surface area contributed by atoms with E-state index >= 15 is 0 Å². The fourth-order valence-electron chi connectivity index (χ4n) is 3.58. The fourth-order valence-corrected chi connectivity index (χ4v) is 4.60. The normalized spacial score (nSPS) is 18.9. The Labute approximate surface area is 165 Å². The number of aromatic nitrogens is 5. The Hall–Kier alpha value is -2.88. The minimum atomic E-state index is -0.129. The van der Waals surface area contributed by atoms with E-state index in [2.05, 4.69) is 30.7 Å². The van der Waals surface area contributed by atoms with Gasteiger partial charge < -0.3 is 9.42 Å². The second-order valence-electron chi connectivity index (χ2n) is 6.90. The molecule has 0 aliphatic carbocycles. The number of carbonyl (C=O) groups is 1. The summed E-state index contributed by atoms with van der Waals surface area (Å²) in [6.45, 7) is 1.46. The molecule has 2 aliphatic rings. The number of fused-ring (bicyclic) bond motifs is 1. The van der Waals surface area contributed by atoms with Crippen LogP contribution >= 0.6 is 11.8 Å². The monoisotopic (exact) mass is 397 g/mol. The number of nitrogens with zero attached hydrogens (tertiary/aromatic N) is 6. The van der Waals surface area contributed by atoms with Crippen LogP contribution in [0.3, 0.4) is 0 Å². The van der Waals surface area contributed by atoms with Crippen molar-refractivity contribution in [1.82, 2.24) is 25.1 Å². The summed E-state index contributed by atoms with van der Waals surface area (Å²) in [6, 6.07) is 5.64. The number of amides is 1. The SMILES string of the molecule is O=C(Nc1onc2c1CSC2)C1CCCN(c2ccc(-n3cccn3)nn2)C1. The zero-order chi connectivity index (χ0) is 18.9. The van der Waals surface area contributed by atoms with E-state index in [4.69, 9.17) is 4.52 Å². The maximum Gasteiger partial charge on any atom is 0.235 e. The average molecular weight is 397 g/mol. The van der Waals surface area contributed by atoms with E-state index in [0.29, 0.717) is 18.2 Å². The van der Waals surface area contributed by atoms with Crippen molar-refractivity contribution >= 4 is 29.4 Å². The quantitative estimate of drug-likeness (QED) is 0.715. The molecule has 0 radical (unpaired) electrons. The minimum Gasteiger partial charge on any atom is -0.354 e. The summed E-state index contributed by atoms with van der Waals surface area (Å²) in [5.41, 5.74) is 1.96. The Balaban J connectivity index is 1.26. The van der Waals surface area contributed by atoms with Gasteiger partial charge >= 0.3 is 0 Å². The number of rotatable bonds is 4. The topological polar surface area (TPSA) is 102 Å². The number of thioether (sulfide) groups is 1. The molecule has 0 spiro atoms. The third-order valence-corrected chi connectivity index (χ3v) is 6.05. The molecule has 0 bridgehead atoms. The van der Waals surface area contributed by atoms with Crippen LogP contribution < -0.4 is 10.2 Å². The molecule has 10 heteroatoms. The fraction of sp³-hybridized carbons (Fsp3) is 0.389. The van der Waals surface area contributed by atoms with Crippen LogP contribution in [0.4, 0.5) is 11.7 Å². The average Bonchev–Trinajstić information content (AvgIpc) is 3.48. The Morgan fingerprint density at radius 3 is 2.96 bits per heavy atom. The van der Waals surface area contributed by atoms with Gasteiger partial charge in [0.15, 0.2) is 11.6 Å². The third-order valence-electron chi connectivity index (χ3n) is 5.08. The van der Waals surface area contributed by atoms with Crippen molar-refractivity contribution < 1.29 is 9.32 Å². The first kappa shape index (κ1) is 17.2. The smallest absolute Gasteiger partial charge is 0.235 e. The minimum absolute atomic E-state index is 0.0262. The Morgan fingerprint density at radius 1 is 1.25 bits per heavy atom. The lowest BCUT2D eigenvalue weighted by atomic mass is 9.97. The first-order valence-corrected chi connectivity index (χ1v) is 10.4. The van der Waals surface area contributed by atoms with Crippen LogP contribution in [0.25, 0.3) is 5.82 Å². The molecule has 3 aromatic rings. The third kappa shape index (κ3) is 3.24. The highest BCUT2D eigenvalue weighted by Gasteiger charge is 2.29. The van der Waals surface area contributed by atoms with Gasteiger partial charge in [0.1, 0.15) is 0 Å². The van der Waals surface area contributed by atoms with Crippen molar-refractivity contribution in [3.8, 4) is 5.82 Å². The Kier molecular flexibility index (Phi) is 4.47. The van der Waals surface area contributed by atoms with Gasteiger partial charge in [-0.25, -0.2) is 4.68 Å². The lowest BCUT2D eigenvalue weighted by Crippen LogP contribution is -2.41.